The summed E-state index contributed by atoms with van der Waals surface area (Å²) in [6.07, 6.45) is 1.04. The molecule has 1 heterocycles. The topological polar surface area (TPSA) is 74.8 Å². The minimum Gasteiger partial charge on any atom is -0.317 e. The van der Waals surface area contributed by atoms with Crippen LogP contribution in [0.1, 0.15) is 10.4 Å². The van der Waals surface area contributed by atoms with Crippen LogP contribution < -0.4 is 10.9 Å². The number of para-hydroxylation sites is 1. The van der Waals surface area contributed by atoms with Crippen molar-refractivity contribution in [3.63, 3.8) is 0 Å². The van der Waals surface area contributed by atoms with E-state index in [0.29, 0.717) is 10.6 Å². The number of anilines is 1. The first-order valence-corrected chi connectivity index (χ1v) is 7.44. The van der Waals surface area contributed by atoms with Crippen LogP contribution in [0.15, 0.2) is 53.5 Å². The Bertz CT molecular complexity index is 983. The molecule has 5 nitrogen and oxygen atoms in total. The number of benzene rings is 2. The van der Waals surface area contributed by atoms with Crippen molar-refractivity contribution in [3.8, 4) is 11.4 Å². The molecule has 0 bridgehead atoms. The van der Waals surface area contributed by atoms with Crippen LogP contribution in [0.3, 0.4) is 0 Å². The maximum absolute atomic E-state index is 13.6. The van der Waals surface area contributed by atoms with Crippen molar-refractivity contribution < 1.29 is 13.6 Å². The average Bonchev–Trinajstić information content (AvgIpc) is 2.58. The van der Waals surface area contributed by atoms with E-state index < -0.39 is 28.8 Å². The van der Waals surface area contributed by atoms with E-state index in [1.165, 1.54) is 0 Å². The van der Waals surface area contributed by atoms with E-state index >= 15 is 0 Å². The number of hydrogen-bond donors (Lipinski definition) is 2. The maximum Gasteiger partial charge on any atom is 0.264 e. The Balaban J connectivity index is 1.89. The van der Waals surface area contributed by atoms with Crippen molar-refractivity contribution in [1.82, 2.24) is 9.97 Å². The summed E-state index contributed by atoms with van der Waals surface area (Å²) in [6.45, 7) is 0. The molecule has 0 spiro atoms. The largest absolute Gasteiger partial charge is 0.317 e. The van der Waals surface area contributed by atoms with Crippen molar-refractivity contribution in [2.75, 3.05) is 5.32 Å². The first-order valence-electron chi connectivity index (χ1n) is 7.06. The zero-order chi connectivity index (χ0) is 18.0. The molecule has 0 radical (unpaired) electrons. The van der Waals surface area contributed by atoms with Crippen LogP contribution in [-0.2, 0) is 0 Å². The van der Waals surface area contributed by atoms with Crippen molar-refractivity contribution in [3.05, 3.63) is 81.2 Å². The second-order valence-corrected chi connectivity index (χ2v) is 5.47. The van der Waals surface area contributed by atoms with Crippen LogP contribution in [-0.4, -0.2) is 15.9 Å². The second-order valence-electron chi connectivity index (χ2n) is 5.03. The van der Waals surface area contributed by atoms with Gasteiger partial charge in [0.2, 0.25) is 0 Å². The smallest absolute Gasteiger partial charge is 0.264 e. The molecule has 3 rings (SSSR count). The molecule has 0 saturated carbocycles. The van der Waals surface area contributed by atoms with E-state index in [-0.39, 0.29) is 11.4 Å². The van der Waals surface area contributed by atoms with Gasteiger partial charge in [-0.05, 0) is 36.4 Å². The molecule has 2 aromatic carbocycles. The monoisotopic (exact) mass is 361 g/mol. The lowest BCUT2D eigenvalue weighted by atomic mass is 10.2. The fourth-order valence-corrected chi connectivity index (χ4v) is 2.24. The van der Waals surface area contributed by atoms with Gasteiger partial charge in [-0.2, -0.15) is 0 Å². The van der Waals surface area contributed by atoms with Gasteiger partial charge in [-0.3, -0.25) is 9.59 Å². The summed E-state index contributed by atoms with van der Waals surface area (Å²) in [6, 6.07) is 9.69. The Morgan fingerprint density at radius 1 is 1.08 bits per heavy atom. The molecule has 1 amide bonds. The summed E-state index contributed by atoms with van der Waals surface area (Å²) >= 11 is 5.79. The molecule has 2 N–H and O–H groups in total. The lowest BCUT2D eigenvalue weighted by Crippen LogP contribution is -2.24. The van der Waals surface area contributed by atoms with Gasteiger partial charge in [0.15, 0.2) is 0 Å². The van der Waals surface area contributed by atoms with Gasteiger partial charge in [0.05, 0.1) is 0 Å². The van der Waals surface area contributed by atoms with E-state index in [4.69, 9.17) is 11.6 Å². The molecule has 0 aliphatic carbocycles. The number of halogens is 3. The number of carbonyl (C=O) groups excluding carboxylic acids is 1. The fourth-order valence-electron chi connectivity index (χ4n) is 2.11. The molecule has 0 unspecified atom stereocenters. The molecule has 1 aromatic heterocycles. The number of carbonyl (C=O) groups is 1. The van der Waals surface area contributed by atoms with Gasteiger partial charge < -0.3 is 10.3 Å². The van der Waals surface area contributed by atoms with Crippen molar-refractivity contribution in [2.24, 2.45) is 0 Å². The SMILES string of the molecule is O=C(Nc1c(F)cccc1F)c1cnc(-c2ccc(Cl)cc2)[nH]c1=O. The first kappa shape index (κ1) is 16.8. The summed E-state index contributed by atoms with van der Waals surface area (Å²) in [5.74, 6) is -2.64. The molecule has 25 heavy (non-hydrogen) atoms. The maximum atomic E-state index is 13.6. The number of H-pyrrole nitrogens is 1. The fraction of sp³-hybridized carbons (Fsp3) is 0. The minimum absolute atomic E-state index is 0.232. The van der Waals surface area contributed by atoms with Gasteiger partial charge in [0.1, 0.15) is 28.7 Å². The van der Waals surface area contributed by atoms with Gasteiger partial charge >= 0.3 is 0 Å². The normalized spacial score (nSPS) is 10.5. The van der Waals surface area contributed by atoms with E-state index in [0.717, 1.165) is 24.4 Å². The highest BCUT2D eigenvalue weighted by molar-refractivity contribution is 6.30. The standard InChI is InChI=1S/C17H10ClF2N3O2/c18-10-6-4-9(5-7-10)15-21-8-11(17(25)23-15)16(24)22-14-12(19)2-1-3-13(14)20/h1-8H,(H,22,24)(H,21,23,25). The van der Waals surface area contributed by atoms with Gasteiger partial charge in [-0.1, -0.05) is 17.7 Å². The third-order valence-corrected chi connectivity index (χ3v) is 3.61. The van der Waals surface area contributed by atoms with E-state index in [9.17, 15) is 18.4 Å². The van der Waals surface area contributed by atoms with Crippen LogP contribution >= 0.6 is 11.6 Å². The molecular formula is C17H10ClF2N3O2. The van der Waals surface area contributed by atoms with Gasteiger partial charge in [-0.25, -0.2) is 13.8 Å². The van der Waals surface area contributed by atoms with Crippen LogP contribution in [0, 0.1) is 11.6 Å². The van der Waals surface area contributed by atoms with Crippen LogP contribution in [0.2, 0.25) is 5.02 Å². The average molecular weight is 362 g/mol. The van der Waals surface area contributed by atoms with Crippen LogP contribution in [0.5, 0.6) is 0 Å². The predicted octanol–water partition coefficient (Wildman–Crippen LogP) is 3.62. The Morgan fingerprint density at radius 3 is 2.32 bits per heavy atom. The number of nitrogens with zero attached hydrogens (tertiary/aromatic N) is 1. The third-order valence-electron chi connectivity index (χ3n) is 3.36. The lowest BCUT2D eigenvalue weighted by Gasteiger charge is -2.07. The quantitative estimate of drug-likeness (QED) is 0.748. The zero-order valence-corrected chi connectivity index (χ0v) is 13.3. The molecular weight excluding hydrogens is 352 g/mol. The summed E-state index contributed by atoms with van der Waals surface area (Å²) in [5, 5.41) is 2.56. The highest BCUT2D eigenvalue weighted by atomic mass is 35.5. The third kappa shape index (κ3) is 3.56. The predicted molar refractivity (Wildman–Crippen MR) is 89.6 cm³/mol. The minimum atomic E-state index is -0.972. The van der Waals surface area contributed by atoms with Crippen molar-refractivity contribution >= 4 is 23.2 Å². The molecule has 126 valence electrons. The second kappa shape index (κ2) is 6.82. The van der Waals surface area contributed by atoms with Crippen LogP contribution in [0.25, 0.3) is 11.4 Å². The number of aromatic amines is 1. The summed E-state index contributed by atoms with van der Waals surface area (Å²) < 4.78 is 27.2. The lowest BCUT2D eigenvalue weighted by molar-refractivity contribution is 0.102. The molecule has 0 fully saturated rings. The summed E-state index contributed by atoms with van der Waals surface area (Å²) in [4.78, 5) is 30.7. The summed E-state index contributed by atoms with van der Waals surface area (Å²) in [7, 11) is 0. The molecule has 0 aliphatic rings. The van der Waals surface area contributed by atoms with E-state index in [1.807, 2.05) is 5.32 Å². The van der Waals surface area contributed by atoms with Crippen LogP contribution in [0.4, 0.5) is 14.5 Å². The number of nitrogens with one attached hydrogen (secondary N) is 2. The highest BCUT2D eigenvalue weighted by Gasteiger charge is 2.17. The highest BCUT2D eigenvalue weighted by Crippen LogP contribution is 2.19. The number of aromatic nitrogens is 2. The Labute approximate surface area is 145 Å². The number of hydrogen-bond acceptors (Lipinski definition) is 3. The van der Waals surface area contributed by atoms with Crippen molar-refractivity contribution in [1.29, 1.82) is 0 Å². The van der Waals surface area contributed by atoms with E-state index in [2.05, 4.69) is 9.97 Å². The number of amides is 1. The molecule has 0 saturated heterocycles. The Hall–Kier alpha value is -3.06. The number of rotatable bonds is 3. The van der Waals surface area contributed by atoms with Gasteiger partial charge in [0, 0.05) is 16.8 Å². The van der Waals surface area contributed by atoms with Gasteiger partial charge in [0.25, 0.3) is 11.5 Å². The molecule has 0 atom stereocenters. The first-order chi connectivity index (χ1) is 12.0. The molecule has 8 heteroatoms. The zero-order valence-electron chi connectivity index (χ0n) is 12.5. The Morgan fingerprint density at radius 2 is 1.72 bits per heavy atom. The summed E-state index contributed by atoms with van der Waals surface area (Å²) in [5.41, 5.74) is -1.16. The molecule has 0 aliphatic heterocycles. The molecule has 3 aromatic rings. The van der Waals surface area contributed by atoms with Gasteiger partial charge in [-0.15, -0.1) is 0 Å². The Kier molecular flexibility index (Phi) is 4.58. The van der Waals surface area contributed by atoms with Crippen molar-refractivity contribution in [2.45, 2.75) is 0 Å². The van der Waals surface area contributed by atoms with E-state index in [1.54, 1.807) is 24.3 Å².